The van der Waals surface area contributed by atoms with E-state index in [1.165, 1.54) is 42.4 Å². The first-order chi connectivity index (χ1) is 9.29. The molecule has 0 spiro atoms. The number of likely N-dealkylation sites (tertiary alicyclic amines) is 1. The third-order valence-electron chi connectivity index (χ3n) is 4.46. The average Bonchev–Trinajstić information content (AvgIpc) is 2.86. The first-order valence-corrected chi connectivity index (χ1v) is 7.29. The monoisotopic (exact) mass is 257 g/mol. The highest BCUT2D eigenvalue weighted by Gasteiger charge is 2.25. The number of piperidine rings is 1. The van der Waals surface area contributed by atoms with Gasteiger partial charge in [-0.2, -0.15) is 0 Å². The van der Waals surface area contributed by atoms with Crippen molar-refractivity contribution in [1.82, 2.24) is 9.88 Å². The molecule has 1 aromatic heterocycles. The fourth-order valence-corrected chi connectivity index (χ4v) is 3.18. The van der Waals surface area contributed by atoms with Crippen LogP contribution in [0.1, 0.15) is 31.4 Å². The molecule has 0 saturated carbocycles. The summed E-state index contributed by atoms with van der Waals surface area (Å²) in [5, 5.41) is 1.32. The van der Waals surface area contributed by atoms with Crippen LogP contribution in [0, 0.1) is 5.92 Å². The van der Waals surface area contributed by atoms with Crippen molar-refractivity contribution >= 4 is 10.9 Å². The summed E-state index contributed by atoms with van der Waals surface area (Å²) in [5.74, 6) is 0.859. The van der Waals surface area contributed by atoms with Crippen LogP contribution in [0.15, 0.2) is 30.5 Å². The standard InChI is InChI=1S/C16H23N3/c1-12-6-8-19(9-7-12)16(10-17)14-11-18-15-5-3-2-4-13(14)15/h2-5,11-12,16,18H,6-10,17H2,1H3. The van der Waals surface area contributed by atoms with Crippen molar-refractivity contribution in [3.8, 4) is 0 Å². The molecule has 3 N–H and O–H groups in total. The van der Waals surface area contributed by atoms with Gasteiger partial charge >= 0.3 is 0 Å². The summed E-state index contributed by atoms with van der Waals surface area (Å²) in [6, 6.07) is 8.85. The van der Waals surface area contributed by atoms with Crippen LogP contribution in [0.5, 0.6) is 0 Å². The Labute approximate surface area is 114 Å². The third-order valence-corrected chi connectivity index (χ3v) is 4.46. The first kappa shape index (κ1) is 12.7. The summed E-state index contributed by atoms with van der Waals surface area (Å²) in [4.78, 5) is 5.92. The summed E-state index contributed by atoms with van der Waals surface area (Å²) in [7, 11) is 0. The Morgan fingerprint density at radius 2 is 2.05 bits per heavy atom. The molecule has 0 amide bonds. The zero-order valence-electron chi connectivity index (χ0n) is 11.6. The van der Waals surface area contributed by atoms with Gasteiger partial charge < -0.3 is 10.7 Å². The molecule has 102 valence electrons. The minimum Gasteiger partial charge on any atom is -0.361 e. The molecule has 1 saturated heterocycles. The number of nitrogens with two attached hydrogens (primary N) is 1. The fourth-order valence-electron chi connectivity index (χ4n) is 3.18. The number of nitrogens with zero attached hydrogens (tertiary/aromatic N) is 1. The van der Waals surface area contributed by atoms with E-state index >= 15 is 0 Å². The predicted molar refractivity (Wildman–Crippen MR) is 80.1 cm³/mol. The highest BCUT2D eigenvalue weighted by Crippen LogP contribution is 2.30. The number of aromatic nitrogens is 1. The van der Waals surface area contributed by atoms with E-state index in [0.29, 0.717) is 12.6 Å². The number of rotatable bonds is 3. The summed E-state index contributed by atoms with van der Waals surface area (Å²) in [6.07, 6.45) is 4.72. The second kappa shape index (κ2) is 5.35. The third kappa shape index (κ3) is 2.40. The fraction of sp³-hybridized carbons (Fsp3) is 0.500. The molecule has 2 aromatic rings. The van der Waals surface area contributed by atoms with Gasteiger partial charge in [0.25, 0.3) is 0 Å². The lowest BCUT2D eigenvalue weighted by Gasteiger charge is -2.36. The van der Waals surface area contributed by atoms with E-state index in [1.807, 2.05) is 0 Å². The maximum Gasteiger partial charge on any atom is 0.0491 e. The summed E-state index contributed by atoms with van der Waals surface area (Å²) < 4.78 is 0. The number of nitrogens with one attached hydrogen (secondary N) is 1. The van der Waals surface area contributed by atoms with E-state index in [-0.39, 0.29) is 0 Å². The zero-order valence-corrected chi connectivity index (χ0v) is 11.6. The van der Waals surface area contributed by atoms with E-state index < -0.39 is 0 Å². The van der Waals surface area contributed by atoms with Gasteiger partial charge in [-0.1, -0.05) is 25.1 Å². The van der Waals surface area contributed by atoms with Crippen LogP contribution in [0.4, 0.5) is 0 Å². The second-order valence-electron chi connectivity index (χ2n) is 5.76. The lowest BCUT2D eigenvalue weighted by Crippen LogP contribution is -2.39. The van der Waals surface area contributed by atoms with E-state index in [1.54, 1.807) is 0 Å². The number of fused-ring (bicyclic) bond motifs is 1. The minimum atomic E-state index is 0.351. The Hall–Kier alpha value is -1.32. The van der Waals surface area contributed by atoms with Crippen LogP contribution >= 0.6 is 0 Å². The number of para-hydroxylation sites is 1. The Kier molecular flexibility index (Phi) is 3.58. The Bertz CT molecular complexity index is 538. The van der Waals surface area contributed by atoms with Crippen molar-refractivity contribution in [2.45, 2.75) is 25.8 Å². The number of benzene rings is 1. The van der Waals surface area contributed by atoms with Crippen LogP contribution in [0.25, 0.3) is 10.9 Å². The summed E-state index contributed by atoms with van der Waals surface area (Å²) in [5.41, 5.74) is 8.63. The minimum absolute atomic E-state index is 0.351. The number of aromatic amines is 1. The smallest absolute Gasteiger partial charge is 0.0491 e. The molecular formula is C16H23N3. The van der Waals surface area contributed by atoms with Crippen molar-refractivity contribution in [2.75, 3.05) is 19.6 Å². The summed E-state index contributed by atoms with van der Waals surface area (Å²) >= 11 is 0. The number of hydrogen-bond acceptors (Lipinski definition) is 2. The van der Waals surface area contributed by atoms with Gasteiger partial charge in [-0.25, -0.2) is 0 Å². The molecule has 0 aliphatic carbocycles. The van der Waals surface area contributed by atoms with Gasteiger partial charge in [-0.3, -0.25) is 4.90 Å². The molecule has 3 rings (SSSR count). The van der Waals surface area contributed by atoms with Gasteiger partial charge in [0.1, 0.15) is 0 Å². The molecular weight excluding hydrogens is 234 g/mol. The van der Waals surface area contributed by atoms with Gasteiger partial charge in [0.2, 0.25) is 0 Å². The van der Waals surface area contributed by atoms with Crippen molar-refractivity contribution < 1.29 is 0 Å². The average molecular weight is 257 g/mol. The van der Waals surface area contributed by atoms with E-state index in [2.05, 4.69) is 47.3 Å². The van der Waals surface area contributed by atoms with Crippen LogP contribution in [0.3, 0.4) is 0 Å². The quantitative estimate of drug-likeness (QED) is 0.888. The molecule has 1 aromatic carbocycles. The molecule has 3 nitrogen and oxygen atoms in total. The van der Waals surface area contributed by atoms with Gasteiger partial charge in [0.15, 0.2) is 0 Å². The van der Waals surface area contributed by atoms with Crippen molar-refractivity contribution in [3.63, 3.8) is 0 Å². The second-order valence-corrected chi connectivity index (χ2v) is 5.76. The highest BCUT2D eigenvalue weighted by molar-refractivity contribution is 5.83. The SMILES string of the molecule is CC1CCN(C(CN)c2c[nH]c3ccccc23)CC1. The van der Waals surface area contributed by atoms with Gasteiger partial charge in [0.05, 0.1) is 0 Å². The molecule has 0 bridgehead atoms. The van der Waals surface area contributed by atoms with Crippen molar-refractivity contribution in [1.29, 1.82) is 0 Å². The predicted octanol–water partition coefficient (Wildman–Crippen LogP) is 2.90. The molecule has 19 heavy (non-hydrogen) atoms. The highest BCUT2D eigenvalue weighted by atomic mass is 15.2. The number of H-pyrrole nitrogens is 1. The molecule has 1 atom stereocenters. The molecule has 1 unspecified atom stereocenters. The molecule has 1 aliphatic rings. The maximum absolute atomic E-state index is 6.06. The van der Waals surface area contributed by atoms with Crippen LogP contribution in [-0.4, -0.2) is 29.5 Å². The van der Waals surface area contributed by atoms with Crippen molar-refractivity contribution in [2.24, 2.45) is 11.7 Å². The van der Waals surface area contributed by atoms with E-state index in [4.69, 9.17) is 5.73 Å². The van der Waals surface area contributed by atoms with Crippen LogP contribution < -0.4 is 5.73 Å². The molecule has 0 radical (unpaired) electrons. The van der Waals surface area contributed by atoms with Crippen LogP contribution in [-0.2, 0) is 0 Å². The van der Waals surface area contributed by atoms with E-state index in [9.17, 15) is 0 Å². The van der Waals surface area contributed by atoms with Gasteiger partial charge in [-0.15, -0.1) is 0 Å². The van der Waals surface area contributed by atoms with Gasteiger partial charge in [0, 0.05) is 29.7 Å². The Morgan fingerprint density at radius 1 is 1.32 bits per heavy atom. The first-order valence-electron chi connectivity index (χ1n) is 7.29. The lowest BCUT2D eigenvalue weighted by molar-refractivity contribution is 0.142. The molecule has 1 fully saturated rings. The Morgan fingerprint density at radius 3 is 2.79 bits per heavy atom. The van der Waals surface area contributed by atoms with E-state index in [0.717, 1.165) is 5.92 Å². The normalized spacial score (nSPS) is 19.9. The van der Waals surface area contributed by atoms with Gasteiger partial charge in [-0.05, 0) is 43.5 Å². The summed E-state index contributed by atoms with van der Waals surface area (Å²) in [6.45, 7) is 5.38. The molecule has 1 aliphatic heterocycles. The molecule has 2 heterocycles. The number of hydrogen-bond donors (Lipinski definition) is 2. The zero-order chi connectivity index (χ0) is 13.2. The van der Waals surface area contributed by atoms with Crippen molar-refractivity contribution in [3.05, 3.63) is 36.0 Å². The van der Waals surface area contributed by atoms with Crippen LogP contribution in [0.2, 0.25) is 0 Å². The topological polar surface area (TPSA) is 45.0 Å². The largest absolute Gasteiger partial charge is 0.361 e. The maximum atomic E-state index is 6.06. The molecule has 3 heteroatoms. The lowest BCUT2D eigenvalue weighted by atomic mass is 9.95. The Balaban J connectivity index is 1.89.